The molecule has 0 unspecified atom stereocenters. The third-order valence-electron chi connectivity index (χ3n) is 3.31. The molecular formula is C14H4F11N. The zero-order chi connectivity index (χ0) is 19.9. The van der Waals surface area contributed by atoms with Crippen LogP contribution in [0.2, 0.25) is 0 Å². The van der Waals surface area contributed by atoms with Gasteiger partial charge < -0.3 is 4.90 Å². The maximum atomic E-state index is 14.0. The summed E-state index contributed by atoms with van der Waals surface area (Å²) in [5.41, 5.74) is -6.21. The van der Waals surface area contributed by atoms with Crippen molar-refractivity contribution in [2.75, 3.05) is 18.5 Å². The Kier molecular flexibility index (Phi) is 5.33. The van der Waals surface area contributed by atoms with E-state index in [1.807, 2.05) is 0 Å². The fourth-order valence-electron chi connectivity index (χ4n) is 2.12. The van der Waals surface area contributed by atoms with Crippen LogP contribution in [0, 0.1) is 52.4 Å². The number of benzene rings is 2. The molecule has 0 aliphatic carbocycles. The van der Waals surface area contributed by atoms with Gasteiger partial charge in [0.05, 0.1) is 16.8 Å². The highest BCUT2D eigenvalue weighted by Gasteiger charge is 2.35. The van der Waals surface area contributed by atoms with Crippen LogP contribution in [0.25, 0.3) is 11.1 Å². The van der Waals surface area contributed by atoms with Crippen LogP contribution in [0.3, 0.4) is 0 Å². The normalized spacial score (nSPS) is 11.2. The molecule has 1 nitrogen and oxygen atoms in total. The number of hydrogen-bond donors (Lipinski definition) is 0. The number of anilines is 1. The molecule has 0 amide bonds. The van der Waals surface area contributed by atoms with Gasteiger partial charge in [-0.1, -0.05) is 0 Å². The summed E-state index contributed by atoms with van der Waals surface area (Å²) >= 11 is 0. The lowest BCUT2D eigenvalue weighted by atomic mass is 9.99. The summed E-state index contributed by atoms with van der Waals surface area (Å²) in [7, 11) is 0. The minimum absolute atomic E-state index is 0.492. The van der Waals surface area contributed by atoms with Crippen molar-refractivity contribution in [1.82, 2.24) is 0 Å². The van der Waals surface area contributed by atoms with Gasteiger partial charge in [-0.2, -0.15) is 0 Å². The van der Waals surface area contributed by atoms with Crippen molar-refractivity contribution < 1.29 is 48.3 Å². The molecule has 142 valence electrons. The number of halogens is 11. The molecule has 2 aromatic carbocycles. The van der Waals surface area contributed by atoms with Crippen LogP contribution >= 0.6 is 0 Å². The summed E-state index contributed by atoms with van der Waals surface area (Å²) in [6.07, 6.45) is 0. The quantitative estimate of drug-likeness (QED) is 0.295. The van der Waals surface area contributed by atoms with Crippen molar-refractivity contribution in [3.8, 4) is 11.1 Å². The maximum absolute atomic E-state index is 14.0. The summed E-state index contributed by atoms with van der Waals surface area (Å²) in [5.74, 6) is -23.8. The van der Waals surface area contributed by atoms with Crippen LogP contribution in [0.5, 0.6) is 0 Å². The van der Waals surface area contributed by atoms with Gasteiger partial charge in [-0.05, 0) is 0 Å². The first kappa shape index (κ1) is 19.8. The Balaban J connectivity index is 3.09. The molecule has 0 bridgehead atoms. The molecule has 0 aliphatic heterocycles. The lowest BCUT2D eigenvalue weighted by molar-refractivity contribution is 0.373. The van der Waals surface area contributed by atoms with Crippen molar-refractivity contribution in [1.29, 1.82) is 0 Å². The predicted octanol–water partition coefficient (Wildman–Crippen LogP) is 5.27. The smallest absolute Gasteiger partial charge is 0.200 e. The summed E-state index contributed by atoms with van der Waals surface area (Å²) in [5, 5.41) is 0. The van der Waals surface area contributed by atoms with E-state index in [1.165, 1.54) is 0 Å². The molecule has 2 rings (SSSR count). The molecule has 2 aromatic rings. The third kappa shape index (κ3) is 2.72. The van der Waals surface area contributed by atoms with E-state index in [-0.39, 0.29) is 0 Å². The van der Waals surface area contributed by atoms with Gasteiger partial charge in [0.1, 0.15) is 0 Å². The first-order valence-corrected chi connectivity index (χ1v) is 6.34. The summed E-state index contributed by atoms with van der Waals surface area (Å²) in [6, 6.07) is 0. The number of hydrogen-bond acceptors (Lipinski definition) is 1. The fraction of sp³-hybridized carbons (Fsp3) is 0.143. The molecule has 0 saturated carbocycles. The molecule has 0 aromatic heterocycles. The van der Waals surface area contributed by atoms with Crippen molar-refractivity contribution >= 4 is 5.69 Å². The molecule has 0 atom stereocenters. The Labute approximate surface area is 137 Å². The van der Waals surface area contributed by atoms with Gasteiger partial charge in [0.15, 0.2) is 60.1 Å². The van der Waals surface area contributed by atoms with Crippen molar-refractivity contribution in [3.63, 3.8) is 0 Å². The van der Waals surface area contributed by atoms with Crippen LogP contribution in [-0.4, -0.2) is 13.6 Å². The lowest BCUT2D eigenvalue weighted by Crippen LogP contribution is -2.24. The summed E-state index contributed by atoms with van der Waals surface area (Å²) < 4.78 is 148. The van der Waals surface area contributed by atoms with Gasteiger partial charge in [-0.3, -0.25) is 0 Å². The van der Waals surface area contributed by atoms with Gasteiger partial charge in [0, 0.05) is 0 Å². The molecule has 12 heteroatoms. The van der Waals surface area contributed by atoms with Gasteiger partial charge in [-0.25, -0.2) is 48.3 Å². The lowest BCUT2D eigenvalue weighted by Gasteiger charge is -2.23. The van der Waals surface area contributed by atoms with Gasteiger partial charge in [0.2, 0.25) is 5.82 Å². The highest BCUT2D eigenvalue weighted by atomic mass is 19.2. The number of nitrogens with zero attached hydrogens (tertiary/aromatic N) is 1. The molecule has 0 saturated heterocycles. The molecule has 26 heavy (non-hydrogen) atoms. The van der Waals surface area contributed by atoms with Crippen LogP contribution in [0.15, 0.2) is 0 Å². The van der Waals surface area contributed by atoms with Crippen LogP contribution < -0.4 is 4.90 Å². The van der Waals surface area contributed by atoms with Crippen LogP contribution in [-0.2, 0) is 0 Å². The molecule has 0 spiro atoms. The van der Waals surface area contributed by atoms with Crippen molar-refractivity contribution in [2.45, 2.75) is 0 Å². The topological polar surface area (TPSA) is 3.24 Å². The van der Waals surface area contributed by atoms with E-state index in [1.54, 1.807) is 0 Å². The first-order valence-electron chi connectivity index (χ1n) is 6.34. The fourth-order valence-corrected chi connectivity index (χ4v) is 2.12. The standard InChI is InChI=1S/C14H4F11N/c15-1-26(2-16)14-4(7(19)10(22)12(24)13(14)25)3-5(17)8(20)11(23)9(21)6(3)18/h1-2H2. The highest BCUT2D eigenvalue weighted by molar-refractivity contribution is 5.81. The van der Waals surface area contributed by atoms with Crippen LogP contribution in [0.1, 0.15) is 0 Å². The van der Waals surface area contributed by atoms with E-state index in [0.717, 1.165) is 0 Å². The molecular weight excluding hydrogens is 391 g/mol. The van der Waals surface area contributed by atoms with E-state index in [9.17, 15) is 48.3 Å². The van der Waals surface area contributed by atoms with E-state index >= 15 is 0 Å². The summed E-state index contributed by atoms with van der Waals surface area (Å²) in [6.45, 7) is -4.08. The number of rotatable bonds is 4. The molecule has 0 N–H and O–H groups in total. The maximum Gasteiger partial charge on any atom is 0.200 e. The second-order valence-electron chi connectivity index (χ2n) is 4.70. The largest absolute Gasteiger partial charge is 0.313 e. The molecule has 0 aliphatic rings. The predicted molar refractivity (Wildman–Crippen MR) is 65.9 cm³/mol. The van der Waals surface area contributed by atoms with E-state index in [0.29, 0.717) is 0 Å². The van der Waals surface area contributed by atoms with Gasteiger partial charge in [0.25, 0.3) is 0 Å². The van der Waals surface area contributed by atoms with Gasteiger partial charge >= 0.3 is 0 Å². The second-order valence-corrected chi connectivity index (χ2v) is 4.70. The third-order valence-corrected chi connectivity index (χ3v) is 3.31. The molecule has 0 fully saturated rings. The minimum atomic E-state index is -2.71. The zero-order valence-corrected chi connectivity index (χ0v) is 12.0. The Bertz CT molecular complexity index is 847. The second kappa shape index (κ2) is 7.00. The Hall–Kier alpha value is -2.53. The van der Waals surface area contributed by atoms with Crippen LogP contribution in [0.4, 0.5) is 54.0 Å². The summed E-state index contributed by atoms with van der Waals surface area (Å²) in [4.78, 5) is -0.492. The Morgan fingerprint density at radius 3 is 1.12 bits per heavy atom. The number of alkyl halides is 2. The van der Waals surface area contributed by atoms with E-state index in [2.05, 4.69) is 0 Å². The minimum Gasteiger partial charge on any atom is -0.313 e. The van der Waals surface area contributed by atoms with Crippen molar-refractivity contribution in [3.05, 3.63) is 52.4 Å². The Morgan fingerprint density at radius 2 is 0.731 bits per heavy atom. The van der Waals surface area contributed by atoms with E-state index < -0.39 is 87.7 Å². The molecule has 0 radical (unpaired) electrons. The average Bonchev–Trinajstić information content (AvgIpc) is 2.63. The van der Waals surface area contributed by atoms with Crippen molar-refractivity contribution in [2.24, 2.45) is 0 Å². The Morgan fingerprint density at radius 1 is 0.423 bits per heavy atom. The van der Waals surface area contributed by atoms with Gasteiger partial charge in [-0.15, -0.1) is 0 Å². The first-order chi connectivity index (χ1) is 12.1. The SMILES string of the molecule is FCN(CF)c1c(F)c(F)c(F)c(F)c1-c1c(F)c(F)c(F)c(F)c1F. The molecule has 0 heterocycles. The highest BCUT2D eigenvalue weighted by Crippen LogP contribution is 2.42. The average molecular weight is 395 g/mol. The monoisotopic (exact) mass is 395 g/mol. The van der Waals surface area contributed by atoms with E-state index in [4.69, 9.17) is 0 Å². The zero-order valence-electron chi connectivity index (χ0n) is 12.0.